The average Bonchev–Trinajstić information content (AvgIpc) is 2.29. The minimum atomic E-state index is 0.549. The van der Waals surface area contributed by atoms with E-state index in [2.05, 4.69) is 10.1 Å². The molecule has 2 heterocycles. The van der Waals surface area contributed by atoms with Gasteiger partial charge in [-0.15, -0.1) is 0 Å². The highest BCUT2D eigenvalue weighted by Gasteiger charge is 2.03. The van der Waals surface area contributed by atoms with Crippen LogP contribution in [0.1, 0.15) is 5.69 Å². The number of hydrogen-bond acceptors (Lipinski definition) is 3. The molecular formula is C8H10N4. The maximum Gasteiger partial charge on any atom is 0.124 e. The van der Waals surface area contributed by atoms with Crippen molar-refractivity contribution in [2.75, 3.05) is 5.73 Å². The highest BCUT2D eigenvalue weighted by atomic mass is 15.2. The molecule has 0 bridgehead atoms. The van der Waals surface area contributed by atoms with Crippen LogP contribution in [0.15, 0.2) is 12.3 Å². The summed E-state index contributed by atoms with van der Waals surface area (Å²) in [7, 11) is 1.88. The first kappa shape index (κ1) is 7.09. The molecule has 2 aromatic rings. The van der Waals surface area contributed by atoms with Gasteiger partial charge in [-0.2, -0.15) is 5.10 Å². The fourth-order valence-electron chi connectivity index (χ4n) is 1.33. The van der Waals surface area contributed by atoms with E-state index in [9.17, 15) is 0 Å². The maximum atomic E-state index is 5.59. The molecule has 2 aromatic heterocycles. The monoisotopic (exact) mass is 162 g/mol. The van der Waals surface area contributed by atoms with Crippen molar-refractivity contribution in [3.8, 4) is 0 Å². The van der Waals surface area contributed by atoms with Crippen molar-refractivity contribution in [2.24, 2.45) is 7.05 Å². The number of nitrogens with zero attached hydrogens (tertiary/aromatic N) is 3. The van der Waals surface area contributed by atoms with Crippen molar-refractivity contribution in [1.82, 2.24) is 14.8 Å². The Kier molecular flexibility index (Phi) is 1.30. The van der Waals surface area contributed by atoms with E-state index in [1.165, 1.54) is 0 Å². The van der Waals surface area contributed by atoms with Gasteiger partial charge in [0.05, 0.1) is 5.69 Å². The van der Waals surface area contributed by atoms with Crippen molar-refractivity contribution >= 4 is 16.7 Å². The van der Waals surface area contributed by atoms with Crippen molar-refractivity contribution in [3.05, 3.63) is 18.0 Å². The number of anilines is 1. The fourth-order valence-corrected chi connectivity index (χ4v) is 1.33. The lowest BCUT2D eigenvalue weighted by Gasteiger charge is -1.94. The Morgan fingerprint density at radius 1 is 1.50 bits per heavy atom. The van der Waals surface area contributed by atoms with E-state index < -0.39 is 0 Å². The summed E-state index contributed by atoms with van der Waals surface area (Å²) in [5.74, 6) is 0.549. The lowest BCUT2D eigenvalue weighted by atomic mass is 10.2. The second-order valence-electron chi connectivity index (χ2n) is 2.87. The quantitative estimate of drug-likeness (QED) is 0.625. The van der Waals surface area contributed by atoms with Gasteiger partial charge in [-0.1, -0.05) is 0 Å². The van der Waals surface area contributed by atoms with Gasteiger partial charge in [0, 0.05) is 18.6 Å². The van der Waals surface area contributed by atoms with Crippen LogP contribution in [0.5, 0.6) is 0 Å². The van der Waals surface area contributed by atoms with Gasteiger partial charge in [0.25, 0.3) is 0 Å². The number of pyridine rings is 1. The third-order valence-electron chi connectivity index (χ3n) is 1.80. The Labute approximate surface area is 70.0 Å². The molecule has 4 heteroatoms. The molecule has 0 amide bonds. The smallest absolute Gasteiger partial charge is 0.124 e. The Hall–Kier alpha value is -1.58. The Morgan fingerprint density at radius 2 is 2.25 bits per heavy atom. The lowest BCUT2D eigenvalue weighted by molar-refractivity contribution is 0.778. The molecule has 2 N–H and O–H groups in total. The van der Waals surface area contributed by atoms with Gasteiger partial charge in [0.1, 0.15) is 11.3 Å². The molecule has 12 heavy (non-hydrogen) atoms. The summed E-state index contributed by atoms with van der Waals surface area (Å²) >= 11 is 0. The van der Waals surface area contributed by atoms with Crippen LogP contribution in [-0.2, 0) is 7.05 Å². The van der Waals surface area contributed by atoms with Crippen LogP contribution in [0.2, 0.25) is 0 Å². The Morgan fingerprint density at radius 3 is 3.00 bits per heavy atom. The van der Waals surface area contributed by atoms with Gasteiger partial charge in [0.2, 0.25) is 0 Å². The molecule has 0 aliphatic rings. The van der Waals surface area contributed by atoms with Crippen molar-refractivity contribution in [1.29, 1.82) is 0 Å². The highest BCUT2D eigenvalue weighted by molar-refractivity contribution is 5.82. The number of fused-ring (bicyclic) bond motifs is 1. The molecule has 62 valence electrons. The number of nitrogen functional groups attached to an aromatic ring is 1. The summed E-state index contributed by atoms with van der Waals surface area (Å²) in [6, 6.07) is 1.83. The van der Waals surface area contributed by atoms with E-state index in [1.807, 2.05) is 26.2 Å². The zero-order valence-corrected chi connectivity index (χ0v) is 7.07. The molecule has 0 atom stereocenters. The summed E-state index contributed by atoms with van der Waals surface area (Å²) in [6.07, 6.45) is 1.93. The zero-order valence-electron chi connectivity index (χ0n) is 7.07. The molecule has 0 spiro atoms. The molecule has 0 radical (unpaired) electrons. The molecule has 4 nitrogen and oxygen atoms in total. The first-order valence-electron chi connectivity index (χ1n) is 3.73. The normalized spacial score (nSPS) is 10.8. The second-order valence-corrected chi connectivity index (χ2v) is 2.87. The molecule has 2 rings (SSSR count). The second kappa shape index (κ2) is 2.20. The summed E-state index contributed by atoms with van der Waals surface area (Å²) in [4.78, 5) is 4.12. The van der Waals surface area contributed by atoms with Gasteiger partial charge in [-0.05, 0) is 13.0 Å². The van der Waals surface area contributed by atoms with Crippen molar-refractivity contribution in [2.45, 2.75) is 6.92 Å². The van der Waals surface area contributed by atoms with Crippen molar-refractivity contribution < 1.29 is 0 Å². The third-order valence-corrected chi connectivity index (χ3v) is 1.80. The van der Waals surface area contributed by atoms with E-state index in [4.69, 9.17) is 5.73 Å². The Balaban J connectivity index is 2.88. The molecule has 0 saturated heterocycles. The first-order chi connectivity index (χ1) is 5.66. The summed E-state index contributed by atoms with van der Waals surface area (Å²) in [5, 5.41) is 5.30. The SMILES string of the molecule is Cc1nc(N)cc2cn(C)nc12. The molecule has 0 aromatic carbocycles. The van der Waals surface area contributed by atoms with E-state index in [-0.39, 0.29) is 0 Å². The number of aryl methyl sites for hydroxylation is 2. The zero-order chi connectivity index (χ0) is 8.72. The number of aromatic nitrogens is 3. The number of nitrogens with two attached hydrogens (primary N) is 1. The predicted octanol–water partition coefficient (Wildman–Crippen LogP) is 0.859. The van der Waals surface area contributed by atoms with E-state index >= 15 is 0 Å². The van der Waals surface area contributed by atoms with E-state index in [1.54, 1.807) is 4.68 Å². The molecule has 0 unspecified atom stereocenters. The summed E-state index contributed by atoms with van der Waals surface area (Å²) in [5.41, 5.74) is 7.39. The minimum absolute atomic E-state index is 0.549. The summed E-state index contributed by atoms with van der Waals surface area (Å²) in [6.45, 7) is 1.91. The standard InChI is InChI=1S/C8H10N4/c1-5-8-6(3-7(9)10-5)4-12(2)11-8/h3-4H,9H2,1-2H3. The minimum Gasteiger partial charge on any atom is -0.384 e. The van der Waals surface area contributed by atoms with Gasteiger partial charge < -0.3 is 5.73 Å². The number of hydrogen-bond donors (Lipinski definition) is 1. The topological polar surface area (TPSA) is 56.7 Å². The fraction of sp³-hybridized carbons (Fsp3) is 0.250. The molecule has 0 saturated carbocycles. The molecule has 0 fully saturated rings. The Bertz CT molecular complexity index is 430. The van der Waals surface area contributed by atoms with Crippen molar-refractivity contribution in [3.63, 3.8) is 0 Å². The largest absolute Gasteiger partial charge is 0.384 e. The van der Waals surface area contributed by atoms with Crippen LogP contribution >= 0.6 is 0 Å². The lowest BCUT2D eigenvalue weighted by Crippen LogP contribution is -1.92. The molecule has 0 aliphatic carbocycles. The van der Waals surface area contributed by atoms with Crippen LogP contribution in [-0.4, -0.2) is 14.8 Å². The number of rotatable bonds is 0. The van der Waals surface area contributed by atoms with Gasteiger partial charge in [0.15, 0.2) is 0 Å². The maximum absolute atomic E-state index is 5.59. The molecular weight excluding hydrogens is 152 g/mol. The van der Waals surface area contributed by atoms with Gasteiger partial charge in [-0.25, -0.2) is 4.98 Å². The third kappa shape index (κ3) is 0.922. The van der Waals surface area contributed by atoms with Crippen LogP contribution in [0.4, 0.5) is 5.82 Å². The van der Waals surface area contributed by atoms with Crippen LogP contribution in [0, 0.1) is 6.92 Å². The van der Waals surface area contributed by atoms with Crippen LogP contribution < -0.4 is 5.73 Å². The van der Waals surface area contributed by atoms with Gasteiger partial charge >= 0.3 is 0 Å². The molecule has 0 aliphatic heterocycles. The van der Waals surface area contributed by atoms with Crippen LogP contribution in [0.3, 0.4) is 0 Å². The van der Waals surface area contributed by atoms with E-state index in [0.717, 1.165) is 16.6 Å². The highest BCUT2D eigenvalue weighted by Crippen LogP contribution is 2.16. The summed E-state index contributed by atoms with van der Waals surface area (Å²) < 4.78 is 1.76. The first-order valence-corrected chi connectivity index (χ1v) is 3.73. The van der Waals surface area contributed by atoms with E-state index in [0.29, 0.717) is 5.82 Å². The van der Waals surface area contributed by atoms with Crippen LogP contribution in [0.25, 0.3) is 10.9 Å². The van der Waals surface area contributed by atoms with Gasteiger partial charge in [-0.3, -0.25) is 4.68 Å². The average molecular weight is 162 g/mol. The predicted molar refractivity (Wildman–Crippen MR) is 47.7 cm³/mol.